The minimum atomic E-state index is -1.09. The van der Waals surface area contributed by atoms with Gasteiger partial charge in [0.15, 0.2) is 11.6 Å². The number of ether oxygens (including phenoxy) is 3. The number of halogens is 2. The number of benzene rings is 4. The second-order valence-electron chi connectivity index (χ2n) is 14.3. The summed E-state index contributed by atoms with van der Waals surface area (Å²) in [6.45, 7) is 5.37. The summed E-state index contributed by atoms with van der Waals surface area (Å²) in [5, 5.41) is 25.0. The molecular weight excluding hydrogens is 753 g/mol. The van der Waals surface area contributed by atoms with E-state index in [0.717, 1.165) is 52.2 Å². The number of anilines is 2. The number of nitrogens with zero attached hydrogens (tertiary/aromatic N) is 3. The number of imidazole rings is 1. The van der Waals surface area contributed by atoms with E-state index in [0.29, 0.717) is 36.6 Å². The van der Waals surface area contributed by atoms with Crippen molar-refractivity contribution in [3.63, 3.8) is 0 Å². The molecule has 0 bridgehead atoms. The monoisotopic (exact) mass is 797 g/mol. The lowest BCUT2D eigenvalue weighted by Gasteiger charge is -2.30. The normalized spacial score (nSPS) is 15.4. The van der Waals surface area contributed by atoms with Crippen LogP contribution < -0.4 is 24.8 Å². The molecule has 1 aromatic heterocycles. The first kappa shape index (κ1) is 39.6. The molecule has 2 unspecified atom stereocenters. The summed E-state index contributed by atoms with van der Waals surface area (Å²) in [7, 11) is 4.73. The second kappa shape index (κ2) is 16.5. The van der Waals surface area contributed by atoms with Crippen LogP contribution in [0, 0.1) is 12.7 Å². The summed E-state index contributed by atoms with van der Waals surface area (Å²) in [5.41, 5.74) is 8.20. The number of aliphatic hydroxyl groups is 1. The highest BCUT2D eigenvalue weighted by Crippen LogP contribution is 2.45. The molecule has 298 valence electrons. The van der Waals surface area contributed by atoms with Gasteiger partial charge < -0.3 is 39.6 Å². The molecule has 1 amide bonds. The van der Waals surface area contributed by atoms with Crippen molar-refractivity contribution >= 4 is 34.9 Å². The maximum atomic E-state index is 16.0. The zero-order valence-corrected chi connectivity index (χ0v) is 33.2. The minimum Gasteiger partial charge on any atom is -0.496 e. The Morgan fingerprint density at radius 3 is 2.51 bits per heavy atom. The fourth-order valence-electron chi connectivity index (χ4n) is 7.83. The predicted octanol–water partition coefficient (Wildman–Crippen LogP) is 7.57. The molecule has 2 heterocycles. The standard InChI is InChI=1S/C43H45ClFN5O7/c1-23(22-51)50-17-16-34-33(21-50)47-41(49(34)3)42(52)48-31-11-7-8-26(24(31)2)27-9-6-10-29-28(27)13-15-35(29)57-38-19-36(55-4)30(40(45)39(38)44)20-46-32-14-12-25(43(53)54)18-37(32)56-5/h6-12,14,18-19,23,35,46,51H,13,15-17,20-22H2,1-5H3,(H,48,52)(H,53,54). The van der Waals surface area contributed by atoms with Crippen LogP contribution in [0.1, 0.15) is 74.1 Å². The number of aromatic carboxylic acids is 1. The van der Waals surface area contributed by atoms with Gasteiger partial charge >= 0.3 is 5.97 Å². The van der Waals surface area contributed by atoms with Crippen LogP contribution in [0.5, 0.6) is 17.2 Å². The van der Waals surface area contributed by atoms with E-state index in [-0.39, 0.29) is 58.5 Å². The number of methoxy groups -OCH3 is 2. The van der Waals surface area contributed by atoms with Gasteiger partial charge in [0.1, 0.15) is 28.4 Å². The molecule has 4 aromatic carbocycles. The number of carboxylic acids is 1. The van der Waals surface area contributed by atoms with Crippen molar-refractivity contribution in [2.75, 3.05) is 38.0 Å². The maximum Gasteiger partial charge on any atom is 0.335 e. The van der Waals surface area contributed by atoms with Crippen LogP contribution in [0.3, 0.4) is 0 Å². The highest BCUT2D eigenvalue weighted by Gasteiger charge is 2.31. The van der Waals surface area contributed by atoms with Crippen molar-refractivity contribution < 1.29 is 38.4 Å². The van der Waals surface area contributed by atoms with Gasteiger partial charge in [-0.1, -0.05) is 41.9 Å². The van der Waals surface area contributed by atoms with E-state index in [1.807, 2.05) is 55.8 Å². The van der Waals surface area contributed by atoms with E-state index >= 15 is 4.39 Å². The van der Waals surface area contributed by atoms with Gasteiger partial charge in [0.25, 0.3) is 5.91 Å². The van der Waals surface area contributed by atoms with E-state index < -0.39 is 17.9 Å². The molecule has 7 rings (SSSR count). The fraction of sp³-hybridized carbons (Fsp3) is 0.326. The summed E-state index contributed by atoms with van der Waals surface area (Å²) in [6, 6.07) is 17.8. The van der Waals surface area contributed by atoms with Crippen molar-refractivity contribution in [1.29, 1.82) is 0 Å². The molecule has 12 nitrogen and oxygen atoms in total. The zero-order chi connectivity index (χ0) is 40.5. The lowest BCUT2D eigenvalue weighted by Crippen LogP contribution is -2.39. The number of rotatable bonds is 13. The topological polar surface area (TPSA) is 147 Å². The number of carbonyl (C=O) groups is 2. The molecule has 0 saturated carbocycles. The molecule has 1 aliphatic carbocycles. The van der Waals surface area contributed by atoms with E-state index in [1.165, 1.54) is 26.4 Å². The quantitative estimate of drug-likeness (QED) is 0.0941. The molecule has 4 N–H and O–H groups in total. The number of aliphatic hydroxyl groups excluding tert-OH is 1. The van der Waals surface area contributed by atoms with Crippen molar-refractivity contribution in [2.45, 2.75) is 58.3 Å². The van der Waals surface area contributed by atoms with E-state index in [2.05, 4.69) is 21.6 Å². The van der Waals surface area contributed by atoms with Gasteiger partial charge in [-0.05, 0) is 78.8 Å². The Kier molecular flexibility index (Phi) is 11.4. The van der Waals surface area contributed by atoms with E-state index in [4.69, 9.17) is 30.8 Å². The number of hydrogen-bond donors (Lipinski definition) is 4. The summed E-state index contributed by atoms with van der Waals surface area (Å²) < 4.78 is 35.2. The number of hydrogen-bond acceptors (Lipinski definition) is 9. The Bertz CT molecular complexity index is 2370. The van der Waals surface area contributed by atoms with E-state index in [9.17, 15) is 19.8 Å². The molecule has 1 aliphatic heterocycles. The summed E-state index contributed by atoms with van der Waals surface area (Å²) in [4.78, 5) is 32.0. The molecule has 0 spiro atoms. The third kappa shape index (κ3) is 7.62. The largest absolute Gasteiger partial charge is 0.496 e. The lowest BCUT2D eigenvalue weighted by atomic mass is 9.93. The van der Waals surface area contributed by atoms with Crippen molar-refractivity contribution in [2.24, 2.45) is 7.05 Å². The van der Waals surface area contributed by atoms with Crippen LogP contribution in [-0.2, 0) is 33.0 Å². The number of aromatic nitrogens is 2. The third-order valence-corrected chi connectivity index (χ3v) is 11.4. The first-order chi connectivity index (χ1) is 27.4. The van der Waals surface area contributed by atoms with Crippen LogP contribution in [-0.4, -0.2) is 70.0 Å². The molecule has 2 aliphatic rings. The third-order valence-electron chi connectivity index (χ3n) is 11.1. The number of nitrogens with one attached hydrogen (secondary N) is 2. The number of carbonyl (C=O) groups excluding carboxylic acids is 1. The highest BCUT2D eigenvalue weighted by atomic mass is 35.5. The Balaban J connectivity index is 1.09. The molecular formula is C43H45ClFN5O7. The molecule has 14 heteroatoms. The first-order valence-electron chi connectivity index (χ1n) is 18.7. The number of carboxylic acid groups (broad SMARTS) is 1. The molecule has 5 aromatic rings. The Morgan fingerprint density at radius 2 is 1.77 bits per heavy atom. The maximum absolute atomic E-state index is 16.0. The van der Waals surface area contributed by atoms with Crippen LogP contribution in [0.15, 0.2) is 60.7 Å². The molecule has 57 heavy (non-hydrogen) atoms. The Hall–Kier alpha value is -5.63. The number of fused-ring (bicyclic) bond motifs is 2. The Morgan fingerprint density at radius 1 is 1.02 bits per heavy atom. The SMILES string of the molecule is COc1cc(C(=O)O)ccc1NCc1c(OC)cc(OC2CCc3c(-c4cccc(NC(=O)c5nc6c(n5C)CCN(C(C)CO)C6)c4C)cccc32)c(Cl)c1F. The first-order valence-corrected chi connectivity index (χ1v) is 19.1. The zero-order valence-electron chi connectivity index (χ0n) is 32.4. The average Bonchev–Trinajstić information content (AvgIpc) is 3.79. The number of amides is 1. The van der Waals surface area contributed by atoms with Crippen LogP contribution >= 0.6 is 11.6 Å². The van der Waals surface area contributed by atoms with Crippen molar-refractivity contribution in [3.8, 4) is 28.4 Å². The highest BCUT2D eigenvalue weighted by molar-refractivity contribution is 6.32. The average molecular weight is 798 g/mol. The van der Waals surface area contributed by atoms with Gasteiger partial charge in [-0.15, -0.1) is 0 Å². The molecule has 2 atom stereocenters. The van der Waals surface area contributed by atoms with E-state index in [1.54, 1.807) is 12.1 Å². The van der Waals surface area contributed by atoms with Gasteiger partial charge in [-0.3, -0.25) is 9.69 Å². The van der Waals surface area contributed by atoms with Gasteiger partial charge in [-0.2, -0.15) is 0 Å². The van der Waals surface area contributed by atoms with Crippen molar-refractivity contribution in [1.82, 2.24) is 14.5 Å². The molecule has 0 radical (unpaired) electrons. The second-order valence-corrected chi connectivity index (χ2v) is 14.7. The lowest BCUT2D eigenvalue weighted by molar-refractivity contribution is 0.0696. The summed E-state index contributed by atoms with van der Waals surface area (Å²) in [6.07, 6.45) is 1.68. The fourth-order valence-corrected chi connectivity index (χ4v) is 8.05. The van der Waals surface area contributed by atoms with Crippen molar-refractivity contribution in [3.05, 3.63) is 117 Å². The van der Waals surface area contributed by atoms with Gasteiger partial charge in [0.2, 0.25) is 0 Å². The van der Waals surface area contributed by atoms with Crippen LogP contribution in [0.4, 0.5) is 15.8 Å². The smallest absolute Gasteiger partial charge is 0.335 e. The summed E-state index contributed by atoms with van der Waals surface area (Å²) >= 11 is 6.62. The summed E-state index contributed by atoms with van der Waals surface area (Å²) in [5.74, 6) is -1.09. The van der Waals surface area contributed by atoms with Gasteiger partial charge in [0, 0.05) is 56.6 Å². The van der Waals surface area contributed by atoms with Crippen LogP contribution in [0.2, 0.25) is 5.02 Å². The predicted molar refractivity (Wildman–Crippen MR) is 215 cm³/mol. The van der Waals surface area contributed by atoms with Crippen LogP contribution in [0.25, 0.3) is 11.1 Å². The van der Waals surface area contributed by atoms with Gasteiger partial charge in [-0.25, -0.2) is 14.2 Å². The Labute approximate surface area is 335 Å². The molecule has 0 fully saturated rings. The molecule has 0 saturated heterocycles. The minimum absolute atomic E-state index is 0.0136. The van der Waals surface area contributed by atoms with Gasteiger partial charge in [0.05, 0.1) is 43.3 Å².